The average Bonchev–Trinajstić information content (AvgIpc) is 3.40. The van der Waals surface area contributed by atoms with E-state index in [2.05, 4.69) is 46.4 Å². The Morgan fingerprint density at radius 3 is 2.71 bits per heavy atom. The Morgan fingerprint density at radius 1 is 1.13 bits per heavy atom. The van der Waals surface area contributed by atoms with E-state index in [4.69, 9.17) is 4.52 Å². The van der Waals surface area contributed by atoms with Gasteiger partial charge < -0.3 is 14.3 Å². The summed E-state index contributed by atoms with van der Waals surface area (Å²) >= 11 is 0. The number of nitrogens with zero attached hydrogens (tertiary/aromatic N) is 4. The van der Waals surface area contributed by atoms with Crippen molar-refractivity contribution in [2.24, 2.45) is 0 Å². The Morgan fingerprint density at radius 2 is 1.94 bits per heavy atom. The fourth-order valence-electron chi connectivity index (χ4n) is 4.23. The Labute approximate surface area is 180 Å². The molecule has 0 unspecified atom stereocenters. The van der Waals surface area contributed by atoms with Gasteiger partial charge in [0, 0.05) is 48.3 Å². The van der Waals surface area contributed by atoms with Crippen molar-refractivity contribution in [1.29, 1.82) is 0 Å². The van der Waals surface area contributed by atoms with Gasteiger partial charge in [0.1, 0.15) is 11.4 Å². The van der Waals surface area contributed by atoms with Crippen molar-refractivity contribution >= 4 is 16.8 Å². The highest BCUT2D eigenvalue weighted by Gasteiger charge is 2.26. The lowest BCUT2D eigenvalue weighted by Crippen LogP contribution is -2.52. The summed E-state index contributed by atoms with van der Waals surface area (Å²) in [5.41, 5.74) is 5.18. The second-order valence-electron chi connectivity index (χ2n) is 8.38. The highest BCUT2D eigenvalue weighted by atomic mass is 16.5. The molecule has 7 heteroatoms. The number of nitrogens with one attached hydrogen (secondary N) is 1. The lowest BCUT2D eigenvalue weighted by atomic mass is 10.1. The molecular weight excluding hydrogens is 390 g/mol. The van der Waals surface area contributed by atoms with Crippen molar-refractivity contribution in [1.82, 2.24) is 25.2 Å². The first-order valence-corrected chi connectivity index (χ1v) is 10.5. The number of piperazine rings is 1. The minimum absolute atomic E-state index is 0.0753. The van der Waals surface area contributed by atoms with Crippen LogP contribution in [0.4, 0.5) is 0 Å². The van der Waals surface area contributed by atoms with Crippen LogP contribution in [0.5, 0.6) is 0 Å². The monoisotopic (exact) mass is 415 g/mol. The van der Waals surface area contributed by atoms with Crippen molar-refractivity contribution in [3.63, 3.8) is 0 Å². The number of H-pyrrole nitrogens is 1. The van der Waals surface area contributed by atoms with Gasteiger partial charge in [-0.15, -0.1) is 0 Å². The van der Waals surface area contributed by atoms with E-state index in [0.29, 0.717) is 17.0 Å². The van der Waals surface area contributed by atoms with Crippen molar-refractivity contribution < 1.29 is 9.32 Å². The van der Waals surface area contributed by atoms with E-state index in [1.54, 1.807) is 0 Å². The summed E-state index contributed by atoms with van der Waals surface area (Å²) in [4.78, 5) is 17.1. The Kier molecular flexibility index (Phi) is 4.82. The molecule has 1 amide bonds. The second-order valence-corrected chi connectivity index (χ2v) is 8.38. The Bertz CT molecular complexity index is 1240. The molecule has 1 fully saturated rings. The molecule has 0 saturated carbocycles. The number of aromatic amines is 1. The van der Waals surface area contributed by atoms with Gasteiger partial charge in [-0.05, 0) is 44.7 Å². The smallest absolute Gasteiger partial charge is 0.254 e. The van der Waals surface area contributed by atoms with Gasteiger partial charge in [0.2, 0.25) is 0 Å². The predicted octanol–water partition coefficient (Wildman–Crippen LogP) is 3.97. The molecule has 2 aromatic heterocycles. The van der Waals surface area contributed by atoms with Gasteiger partial charge in [-0.1, -0.05) is 29.4 Å². The van der Waals surface area contributed by atoms with Crippen LogP contribution in [0.15, 0.2) is 53.1 Å². The van der Waals surface area contributed by atoms with Crippen LogP contribution in [-0.4, -0.2) is 63.8 Å². The summed E-state index contributed by atoms with van der Waals surface area (Å²) in [7, 11) is 2.09. The Hall–Kier alpha value is -3.45. The predicted molar refractivity (Wildman–Crippen MR) is 120 cm³/mol. The van der Waals surface area contributed by atoms with Crippen LogP contribution in [-0.2, 0) is 0 Å². The van der Waals surface area contributed by atoms with Crippen LogP contribution < -0.4 is 0 Å². The zero-order chi connectivity index (χ0) is 21.5. The molecule has 0 aliphatic carbocycles. The third kappa shape index (κ3) is 3.61. The standard InChI is InChI=1S/C24H25N5O2/c1-15-4-9-19-21(12-15)25-26-23(19)22-13-20(27-31-22)17-5-7-18(8-6-17)24(30)29-11-10-28(3)14-16(29)2/h4-9,12-13,16H,10-11,14H2,1-3H3,(H,25,26)/t16-/m0/s1. The largest absolute Gasteiger partial charge is 0.354 e. The third-order valence-corrected chi connectivity index (χ3v) is 5.98. The molecule has 3 heterocycles. The van der Waals surface area contributed by atoms with Crippen molar-refractivity contribution in [3.8, 4) is 22.7 Å². The summed E-state index contributed by atoms with van der Waals surface area (Å²) in [5.74, 6) is 0.683. The number of benzene rings is 2. The molecule has 0 bridgehead atoms. The van der Waals surface area contributed by atoms with Gasteiger partial charge in [-0.25, -0.2) is 0 Å². The van der Waals surface area contributed by atoms with Crippen molar-refractivity contribution in [3.05, 3.63) is 59.7 Å². The van der Waals surface area contributed by atoms with E-state index in [1.807, 2.05) is 48.2 Å². The van der Waals surface area contributed by atoms with Gasteiger partial charge in [0.25, 0.3) is 5.91 Å². The van der Waals surface area contributed by atoms with E-state index in [-0.39, 0.29) is 11.9 Å². The highest BCUT2D eigenvalue weighted by molar-refractivity contribution is 5.95. The van der Waals surface area contributed by atoms with Crippen molar-refractivity contribution in [2.45, 2.75) is 19.9 Å². The molecule has 4 aromatic rings. The lowest BCUT2D eigenvalue weighted by Gasteiger charge is -2.38. The molecule has 1 aliphatic heterocycles. The van der Waals surface area contributed by atoms with Crippen LogP contribution in [0.3, 0.4) is 0 Å². The van der Waals surface area contributed by atoms with E-state index in [1.165, 1.54) is 5.56 Å². The van der Waals surface area contributed by atoms with Crippen LogP contribution in [0.1, 0.15) is 22.8 Å². The quantitative estimate of drug-likeness (QED) is 0.548. The number of rotatable bonds is 3. The zero-order valence-electron chi connectivity index (χ0n) is 17.9. The number of aryl methyl sites for hydroxylation is 1. The molecule has 1 N–H and O–H groups in total. The summed E-state index contributed by atoms with van der Waals surface area (Å²) in [5, 5.41) is 12.7. The molecule has 1 atom stereocenters. The van der Waals surface area contributed by atoms with Gasteiger partial charge >= 0.3 is 0 Å². The summed E-state index contributed by atoms with van der Waals surface area (Å²) < 4.78 is 5.59. The molecule has 158 valence electrons. The normalized spacial score (nSPS) is 17.4. The number of fused-ring (bicyclic) bond motifs is 1. The molecule has 2 aromatic carbocycles. The maximum Gasteiger partial charge on any atom is 0.254 e. The summed E-state index contributed by atoms with van der Waals surface area (Å²) in [6.07, 6.45) is 0. The first-order valence-electron chi connectivity index (χ1n) is 10.5. The number of carbonyl (C=O) groups excluding carboxylic acids is 1. The average molecular weight is 415 g/mol. The van der Waals surface area contributed by atoms with Gasteiger partial charge in [0.05, 0.1) is 5.52 Å². The number of hydrogen-bond acceptors (Lipinski definition) is 5. The molecule has 31 heavy (non-hydrogen) atoms. The number of aromatic nitrogens is 3. The Balaban J connectivity index is 1.37. The molecule has 1 aliphatic rings. The lowest BCUT2D eigenvalue weighted by molar-refractivity contribution is 0.0533. The second kappa shape index (κ2) is 7.67. The maximum atomic E-state index is 12.9. The first-order chi connectivity index (χ1) is 15.0. The zero-order valence-corrected chi connectivity index (χ0v) is 17.9. The fourth-order valence-corrected chi connectivity index (χ4v) is 4.23. The maximum absolute atomic E-state index is 12.9. The number of likely N-dealkylation sites (N-methyl/N-ethyl adjacent to an activating group) is 1. The molecule has 7 nitrogen and oxygen atoms in total. The van der Waals surface area contributed by atoms with Gasteiger partial charge in [-0.2, -0.15) is 5.10 Å². The topological polar surface area (TPSA) is 78.3 Å². The molecule has 0 spiro atoms. The molecule has 1 saturated heterocycles. The van der Waals surface area contributed by atoms with E-state index >= 15 is 0 Å². The number of hydrogen-bond donors (Lipinski definition) is 1. The molecule has 0 radical (unpaired) electrons. The van der Waals surface area contributed by atoms with E-state index in [9.17, 15) is 4.79 Å². The highest BCUT2D eigenvalue weighted by Crippen LogP contribution is 2.30. The summed E-state index contributed by atoms with van der Waals surface area (Å²) in [6, 6.07) is 15.8. The van der Waals surface area contributed by atoms with Crippen LogP contribution in [0.2, 0.25) is 0 Å². The van der Waals surface area contributed by atoms with Crippen LogP contribution >= 0.6 is 0 Å². The SMILES string of the molecule is Cc1ccc2c(-c3cc(-c4ccc(C(=O)N5CCN(C)C[C@@H]5C)cc4)no3)n[nH]c2c1. The van der Waals surface area contributed by atoms with Crippen molar-refractivity contribution in [2.75, 3.05) is 26.7 Å². The summed E-state index contributed by atoms with van der Waals surface area (Å²) in [6.45, 7) is 6.69. The van der Waals surface area contributed by atoms with E-state index in [0.717, 1.165) is 41.8 Å². The van der Waals surface area contributed by atoms with Crippen LogP contribution in [0.25, 0.3) is 33.6 Å². The minimum atomic E-state index is 0.0753. The minimum Gasteiger partial charge on any atom is -0.354 e. The van der Waals surface area contributed by atoms with Gasteiger partial charge in [-0.3, -0.25) is 9.89 Å². The third-order valence-electron chi connectivity index (χ3n) is 5.98. The number of carbonyl (C=O) groups is 1. The fraction of sp³-hybridized carbons (Fsp3) is 0.292. The van der Waals surface area contributed by atoms with Crippen LogP contribution in [0, 0.1) is 6.92 Å². The molecule has 5 rings (SSSR count). The molecular formula is C24H25N5O2. The first kappa shape index (κ1) is 19.5. The van der Waals surface area contributed by atoms with Gasteiger partial charge in [0.15, 0.2) is 5.76 Å². The number of amides is 1. The van der Waals surface area contributed by atoms with E-state index < -0.39 is 0 Å².